The third kappa shape index (κ3) is 2.73. The van der Waals surface area contributed by atoms with Crippen molar-refractivity contribution < 1.29 is 9.84 Å². The summed E-state index contributed by atoms with van der Waals surface area (Å²) in [6.07, 6.45) is 11.9. The first kappa shape index (κ1) is 12.9. The van der Waals surface area contributed by atoms with E-state index in [9.17, 15) is 5.11 Å². The molecule has 1 heterocycles. The van der Waals surface area contributed by atoms with Gasteiger partial charge in [-0.05, 0) is 38.5 Å². The first-order valence-corrected chi connectivity index (χ1v) is 7.75. The van der Waals surface area contributed by atoms with Crippen molar-refractivity contribution in [2.75, 3.05) is 19.7 Å². The Kier molecular flexibility index (Phi) is 3.65. The molecular formula is C15H27NO2. The maximum absolute atomic E-state index is 9.28. The van der Waals surface area contributed by atoms with Gasteiger partial charge in [0.15, 0.2) is 0 Å². The van der Waals surface area contributed by atoms with Gasteiger partial charge in [-0.2, -0.15) is 0 Å². The average molecular weight is 253 g/mol. The predicted octanol–water partition coefficient (Wildman–Crippen LogP) is 2.23. The summed E-state index contributed by atoms with van der Waals surface area (Å²) < 4.78 is 6.33. The maximum Gasteiger partial charge on any atom is 0.0708 e. The second kappa shape index (κ2) is 5.10. The van der Waals surface area contributed by atoms with Crippen molar-refractivity contribution in [1.29, 1.82) is 0 Å². The van der Waals surface area contributed by atoms with E-state index < -0.39 is 0 Å². The van der Waals surface area contributed by atoms with Gasteiger partial charge in [0.25, 0.3) is 0 Å². The molecule has 1 atom stereocenters. The van der Waals surface area contributed by atoms with Crippen LogP contribution in [0.2, 0.25) is 0 Å². The van der Waals surface area contributed by atoms with E-state index in [0.717, 1.165) is 13.1 Å². The molecule has 0 aromatic heterocycles. The Bertz CT molecular complexity index is 282. The number of aliphatic hydroxyl groups is 1. The molecule has 18 heavy (non-hydrogen) atoms. The second-order valence-electron chi connectivity index (χ2n) is 6.81. The highest BCUT2D eigenvalue weighted by Gasteiger charge is 2.43. The second-order valence-corrected chi connectivity index (χ2v) is 6.81. The molecular weight excluding hydrogens is 226 g/mol. The summed E-state index contributed by atoms with van der Waals surface area (Å²) in [6.45, 7) is 2.29. The van der Waals surface area contributed by atoms with Crippen molar-refractivity contribution in [3.8, 4) is 0 Å². The van der Waals surface area contributed by atoms with Gasteiger partial charge in [0, 0.05) is 25.1 Å². The van der Waals surface area contributed by atoms with E-state index in [1.54, 1.807) is 0 Å². The Balaban J connectivity index is 1.39. The van der Waals surface area contributed by atoms with Crippen LogP contribution >= 0.6 is 0 Å². The summed E-state index contributed by atoms with van der Waals surface area (Å²) in [7, 11) is 0. The summed E-state index contributed by atoms with van der Waals surface area (Å²) in [5.74, 6) is 0. The fourth-order valence-electron chi connectivity index (χ4n) is 3.67. The largest absolute Gasteiger partial charge is 0.396 e. The summed E-state index contributed by atoms with van der Waals surface area (Å²) in [5, 5.41) is 12.8. The Morgan fingerprint density at radius 3 is 2.50 bits per heavy atom. The summed E-state index contributed by atoms with van der Waals surface area (Å²) >= 11 is 0. The van der Waals surface area contributed by atoms with Crippen molar-refractivity contribution in [3.05, 3.63) is 0 Å². The number of hydrogen-bond donors (Lipinski definition) is 2. The monoisotopic (exact) mass is 253 g/mol. The molecule has 3 heteroatoms. The van der Waals surface area contributed by atoms with Gasteiger partial charge in [-0.1, -0.05) is 19.3 Å². The highest BCUT2D eigenvalue weighted by atomic mass is 16.5. The van der Waals surface area contributed by atoms with Crippen LogP contribution in [0.5, 0.6) is 0 Å². The number of ether oxygens (including phenoxy) is 1. The lowest BCUT2D eigenvalue weighted by molar-refractivity contribution is -0.0626. The Labute approximate surface area is 110 Å². The maximum atomic E-state index is 9.28. The van der Waals surface area contributed by atoms with Gasteiger partial charge in [0.05, 0.1) is 11.7 Å². The Morgan fingerprint density at radius 2 is 1.83 bits per heavy atom. The molecule has 2 saturated carbocycles. The number of aliphatic hydroxyl groups excluding tert-OH is 1. The van der Waals surface area contributed by atoms with Gasteiger partial charge in [-0.3, -0.25) is 0 Å². The molecule has 3 aliphatic rings. The van der Waals surface area contributed by atoms with Gasteiger partial charge in [0.2, 0.25) is 0 Å². The van der Waals surface area contributed by atoms with Gasteiger partial charge >= 0.3 is 0 Å². The molecule has 2 N–H and O–H groups in total. The highest BCUT2D eigenvalue weighted by molar-refractivity contribution is 4.95. The van der Waals surface area contributed by atoms with Crippen LogP contribution in [0.3, 0.4) is 0 Å². The Morgan fingerprint density at radius 1 is 1.06 bits per heavy atom. The highest BCUT2D eigenvalue weighted by Crippen LogP contribution is 2.44. The van der Waals surface area contributed by atoms with Crippen molar-refractivity contribution in [2.24, 2.45) is 5.41 Å². The molecule has 3 fully saturated rings. The SMILES string of the molecule is OCC1(CNCC2CCC3(CCCCC3)O2)CC1. The van der Waals surface area contributed by atoms with Gasteiger partial charge in [0.1, 0.15) is 0 Å². The van der Waals surface area contributed by atoms with E-state index in [0.29, 0.717) is 12.7 Å². The minimum Gasteiger partial charge on any atom is -0.396 e. The molecule has 2 aliphatic carbocycles. The summed E-state index contributed by atoms with van der Waals surface area (Å²) in [6, 6.07) is 0. The lowest BCUT2D eigenvalue weighted by atomic mass is 9.83. The van der Waals surface area contributed by atoms with Crippen LogP contribution in [-0.4, -0.2) is 36.5 Å². The number of rotatable bonds is 5. The number of nitrogens with one attached hydrogen (secondary N) is 1. The van der Waals surface area contributed by atoms with E-state index in [2.05, 4.69) is 5.32 Å². The van der Waals surface area contributed by atoms with Crippen LogP contribution in [-0.2, 0) is 4.74 Å². The van der Waals surface area contributed by atoms with Crippen molar-refractivity contribution in [1.82, 2.24) is 5.32 Å². The van der Waals surface area contributed by atoms with Crippen LogP contribution < -0.4 is 5.32 Å². The zero-order valence-electron chi connectivity index (χ0n) is 11.4. The van der Waals surface area contributed by atoms with Gasteiger partial charge in [-0.15, -0.1) is 0 Å². The van der Waals surface area contributed by atoms with Crippen LogP contribution in [0.25, 0.3) is 0 Å². The predicted molar refractivity (Wildman–Crippen MR) is 71.5 cm³/mol. The zero-order valence-corrected chi connectivity index (χ0v) is 11.4. The molecule has 0 aromatic carbocycles. The smallest absolute Gasteiger partial charge is 0.0708 e. The van der Waals surface area contributed by atoms with Crippen molar-refractivity contribution >= 4 is 0 Å². The molecule has 1 saturated heterocycles. The van der Waals surface area contributed by atoms with E-state index >= 15 is 0 Å². The van der Waals surface area contributed by atoms with E-state index in [1.807, 2.05) is 0 Å². The molecule has 104 valence electrons. The molecule has 1 unspecified atom stereocenters. The summed E-state index contributed by atoms with van der Waals surface area (Å²) in [5.41, 5.74) is 0.472. The lowest BCUT2D eigenvalue weighted by Gasteiger charge is -2.33. The third-order valence-corrected chi connectivity index (χ3v) is 5.27. The van der Waals surface area contributed by atoms with Crippen molar-refractivity contribution in [3.63, 3.8) is 0 Å². The van der Waals surface area contributed by atoms with E-state index in [4.69, 9.17) is 4.74 Å². The minimum absolute atomic E-state index is 0.223. The molecule has 1 spiro atoms. The Hall–Kier alpha value is -0.120. The molecule has 3 nitrogen and oxygen atoms in total. The third-order valence-electron chi connectivity index (χ3n) is 5.27. The van der Waals surface area contributed by atoms with E-state index in [-0.39, 0.29) is 11.0 Å². The van der Waals surface area contributed by atoms with Gasteiger partial charge < -0.3 is 15.2 Å². The fourth-order valence-corrected chi connectivity index (χ4v) is 3.67. The van der Waals surface area contributed by atoms with Crippen LogP contribution in [0.15, 0.2) is 0 Å². The van der Waals surface area contributed by atoms with E-state index in [1.165, 1.54) is 57.8 Å². The molecule has 0 amide bonds. The fraction of sp³-hybridized carbons (Fsp3) is 1.00. The van der Waals surface area contributed by atoms with Crippen LogP contribution in [0, 0.1) is 5.41 Å². The average Bonchev–Trinajstić information content (AvgIpc) is 3.09. The molecule has 3 rings (SSSR count). The normalized spacial score (nSPS) is 32.8. The minimum atomic E-state index is 0.223. The van der Waals surface area contributed by atoms with Crippen LogP contribution in [0.4, 0.5) is 0 Å². The lowest BCUT2D eigenvalue weighted by Crippen LogP contribution is -2.36. The van der Waals surface area contributed by atoms with Gasteiger partial charge in [-0.25, -0.2) is 0 Å². The zero-order chi connectivity index (χ0) is 12.5. The molecule has 0 radical (unpaired) electrons. The molecule has 1 aliphatic heterocycles. The standard InChI is InChI=1S/C15H27NO2/c17-12-14(8-9-14)11-16-10-13-4-7-15(18-13)5-2-1-3-6-15/h13,16-17H,1-12H2. The number of hydrogen-bond acceptors (Lipinski definition) is 3. The first-order chi connectivity index (χ1) is 8.76. The first-order valence-electron chi connectivity index (χ1n) is 7.75. The van der Waals surface area contributed by atoms with Crippen LogP contribution in [0.1, 0.15) is 57.8 Å². The topological polar surface area (TPSA) is 41.5 Å². The summed E-state index contributed by atoms with van der Waals surface area (Å²) in [4.78, 5) is 0. The quantitative estimate of drug-likeness (QED) is 0.789. The molecule has 0 bridgehead atoms. The van der Waals surface area contributed by atoms with Crippen molar-refractivity contribution in [2.45, 2.75) is 69.5 Å². The molecule has 0 aromatic rings.